The van der Waals surface area contributed by atoms with Crippen LogP contribution >= 0.6 is 0 Å². The van der Waals surface area contributed by atoms with Gasteiger partial charge in [0.1, 0.15) is 11.5 Å². The van der Waals surface area contributed by atoms with E-state index in [1.165, 1.54) is 0 Å². The maximum absolute atomic E-state index is 12.7. The van der Waals surface area contributed by atoms with Crippen molar-refractivity contribution in [2.75, 3.05) is 18.5 Å². The second-order valence-corrected chi connectivity index (χ2v) is 6.38. The number of amides is 1. The highest BCUT2D eigenvalue weighted by Gasteiger charge is 2.25. The third kappa shape index (κ3) is 2.97. The van der Waals surface area contributed by atoms with E-state index in [9.17, 15) is 4.79 Å². The summed E-state index contributed by atoms with van der Waals surface area (Å²) in [5.41, 5.74) is 2.61. The summed E-state index contributed by atoms with van der Waals surface area (Å²) >= 11 is 0. The van der Waals surface area contributed by atoms with Crippen molar-refractivity contribution in [2.24, 2.45) is 0 Å². The molecule has 0 saturated carbocycles. The number of H-pyrrole nitrogens is 1. The molecule has 5 heterocycles. The standard InChI is InChI=1S/C19H16N6O3/c26-19(17-5-4-16(28-17)12-7-21-22-8-12)23-15-9-25(13-10-27-11-13)24-18(15)14-3-1-2-6-20-14/h1-9,13H,10-11H2,(H,21,22)(H,23,26). The highest BCUT2D eigenvalue weighted by atomic mass is 16.5. The Morgan fingerprint density at radius 3 is 2.89 bits per heavy atom. The molecule has 9 heteroatoms. The fourth-order valence-electron chi connectivity index (χ4n) is 2.92. The molecule has 1 amide bonds. The number of anilines is 1. The molecule has 0 unspecified atom stereocenters. The minimum Gasteiger partial charge on any atom is -0.451 e. The van der Waals surface area contributed by atoms with Crippen molar-refractivity contribution < 1.29 is 13.9 Å². The molecule has 0 aromatic carbocycles. The van der Waals surface area contributed by atoms with E-state index in [1.54, 1.807) is 36.9 Å². The molecule has 140 valence electrons. The van der Waals surface area contributed by atoms with Crippen molar-refractivity contribution in [1.82, 2.24) is 25.0 Å². The van der Waals surface area contributed by atoms with E-state index in [0.29, 0.717) is 36.0 Å². The second kappa shape index (κ2) is 6.78. The van der Waals surface area contributed by atoms with E-state index in [4.69, 9.17) is 9.15 Å². The molecule has 1 fully saturated rings. The largest absolute Gasteiger partial charge is 0.451 e. The summed E-state index contributed by atoms with van der Waals surface area (Å²) in [6, 6.07) is 9.08. The summed E-state index contributed by atoms with van der Waals surface area (Å²) in [6.07, 6.45) is 6.82. The van der Waals surface area contributed by atoms with Gasteiger partial charge in [-0.2, -0.15) is 10.2 Å². The molecule has 1 aliphatic heterocycles. The van der Waals surface area contributed by atoms with Gasteiger partial charge in [-0.05, 0) is 24.3 Å². The number of carbonyl (C=O) groups is 1. The lowest BCUT2D eigenvalue weighted by atomic mass is 10.2. The molecule has 0 bridgehead atoms. The van der Waals surface area contributed by atoms with Crippen LogP contribution in [0.4, 0.5) is 5.69 Å². The molecule has 0 radical (unpaired) electrons. The van der Waals surface area contributed by atoms with Crippen LogP contribution in [0.15, 0.2) is 59.5 Å². The van der Waals surface area contributed by atoms with E-state index < -0.39 is 0 Å². The first-order valence-electron chi connectivity index (χ1n) is 8.76. The highest BCUT2D eigenvalue weighted by molar-refractivity contribution is 6.04. The molecule has 28 heavy (non-hydrogen) atoms. The molecule has 0 aliphatic carbocycles. The summed E-state index contributed by atoms with van der Waals surface area (Å²) in [5.74, 6) is 0.394. The SMILES string of the molecule is O=C(Nc1cn(C2COC2)nc1-c1ccccn1)c1ccc(-c2cn[nH]c2)o1. The summed E-state index contributed by atoms with van der Waals surface area (Å²) in [4.78, 5) is 17.1. The third-order valence-electron chi connectivity index (χ3n) is 4.49. The minimum atomic E-state index is -0.365. The van der Waals surface area contributed by atoms with Gasteiger partial charge in [0.15, 0.2) is 5.76 Å². The Bertz CT molecular complexity index is 1100. The lowest BCUT2D eigenvalue weighted by Gasteiger charge is -2.25. The van der Waals surface area contributed by atoms with Crippen molar-refractivity contribution in [3.8, 4) is 22.7 Å². The fourth-order valence-corrected chi connectivity index (χ4v) is 2.92. The molecule has 1 aliphatic rings. The number of nitrogens with zero attached hydrogens (tertiary/aromatic N) is 4. The lowest BCUT2D eigenvalue weighted by Crippen LogP contribution is -2.30. The lowest BCUT2D eigenvalue weighted by molar-refractivity contribution is -0.0285. The number of aromatic amines is 1. The van der Waals surface area contributed by atoms with E-state index in [0.717, 1.165) is 5.56 Å². The zero-order valence-corrected chi connectivity index (χ0v) is 14.7. The molecular weight excluding hydrogens is 360 g/mol. The molecule has 9 nitrogen and oxygen atoms in total. The van der Waals surface area contributed by atoms with Gasteiger partial charge in [-0.3, -0.25) is 19.6 Å². The molecular formula is C19H16N6O3. The summed E-state index contributed by atoms with van der Waals surface area (Å²) < 4.78 is 12.7. The zero-order valence-electron chi connectivity index (χ0n) is 14.7. The molecule has 1 saturated heterocycles. The maximum atomic E-state index is 12.7. The van der Waals surface area contributed by atoms with Crippen molar-refractivity contribution in [3.63, 3.8) is 0 Å². The van der Waals surface area contributed by atoms with Gasteiger partial charge in [0.05, 0.1) is 42.4 Å². The molecule has 2 N–H and O–H groups in total. The van der Waals surface area contributed by atoms with Crippen LogP contribution in [0.5, 0.6) is 0 Å². The topological polar surface area (TPSA) is 111 Å². The van der Waals surface area contributed by atoms with Gasteiger partial charge in [-0.1, -0.05) is 6.07 Å². The van der Waals surface area contributed by atoms with Crippen LogP contribution in [0.1, 0.15) is 16.6 Å². The van der Waals surface area contributed by atoms with Crippen LogP contribution in [-0.2, 0) is 4.74 Å². The van der Waals surface area contributed by atoms with Crippen LogP contribution < -0.4 is 5.32 Å². The number of rotatable bonds is 5. The van der Waals surface area contributed by atoms with E-state index in [1.807, 2.05) is 22.9 Å². The molecule has 0 atom stereocenters. The number of carbonyl (C=O) groups excluding carboxylic acids is 1. The number of ether oxygens (including phenoxy) is 1. The maximum Gasteiger partial charge on any atom is 0.291 e. The highest BCUT2D eigenvalue weighted by Crippen LogP contribution is 2.29. The molecule has 4 aromatic rings. The van der Waals surface area contributed by atoms with Crippen molar-refractivity contribution >= 4 is 11.6 Å². The summed E-state index contributed by atoms with van der Waals surface area (Å²) in [6.45, 7) is 1.20. The van der Waals surface area contributed by atoms with Crippen LogP contribution in [0.25, 0.3) is 22.7 Å². The average molecular weight is 376 g/mol. The van der Waals surface area contributed by atoms with Gasteiger partial charge in [0.2, 0.25) is 0 Å². The van der Waals surface area contributed by atoms with E-state index in [2.05, 4.69) is 25.6 Å². The van der Waals surface area contributed by atoms with E-state index >= 15 is 0 Å². The first-order valence-corrected chi connectivity index (χ1v) is 8.76. The predicted molar refractivity (Wildman–Crippen MR) is 99.6 cm³/mol. The molecule has 0 spiro atoms. The third-order valence-corrected chi connectivity index (χ3v) is 4.49. The predicted octanol–water partition coefficient (Wildman–Crippen LogP) is 2.75. The Balaban J connectivity index is 1.44. The number of hydrogen-bond acceptors (Lipinski definition) is 6. The summed E-state index contributed by atoms with van der Waals surface area (Å²) in [7, 11) is 0. The quantitative estimate of drug-likeness (QED) is 0.554. The first-order chi connectivity index (χ1) is 13.8. The fraction of sp³-hybridized carbons (Fsp3) is 0.158. The van der Waals surface area contributed by atoms with Crippen LogP contribution in [0.2, 0.25) is 0 Å². The smallest absolute Gasteiger partial charge is 0.291 e. The van der Waals surface area contributed by atoms with Crippen LogP contribution in [-0.4, -0.2) is 44.1 Å². The number of furan rings is 1. The van der Waals surface area contributed by atoms with Crippen molar-refractivity contribution in [3.05, 3.63) is 60.9 Å². The Morgan fingerprint density at radius 1 is 1.25 bits per heavy atom. The van der Waals surface area contributed by atoms with Crippen molar-refractivity contribution in [2.45, 2.75) is 6.04 Å². The number of pyridine rings is 1. The van der Waals surface area contributed by atoms with Gasteiger partial charge in [-0.15, -0.1) is 0 Å². The van der Waals surface area contributed by atoms with Crippen LogP contribution in [0.3, 0.4) is 0 Å². The zero-order chi connectivity index (χ0) is 18.9. The average Bonchev–Trinajstić information content (AvgIpc) is 3.41. The Labute approximate surface area is 159 Å². The normalized spacial score (nSPS) is 14.0. The van der Waals surface area contributed by atoms with Crippen molar-refractivity contribution in [1.29, 1.82) is 0 Å². The number of aromatic nitrogens is 5. The monoisotopic (exact) mass is 376 g/mol. The van der Waals surface area contributed by atoms with Gasteiger partial charge in [-0.25, -0.2) is 0 Å². The van der Waals surface area contributed by atoms with Gasteiger partial charge >= 0.3 is 0 Å². The van der Waals surface area contributed by atoms with Gasteiger partial charge in [0, 0.05) is 18.6 Å². The first kappa shape index (κ1) is 16.5. The number of nitrogens with one attached hydrogen (secondary N) is 2. The Morgan fingerprint density at radius 2 is 2.18 bits per heavy atom. The van der Waals surface area contributed by atoms with Gasteiger partial charge in [0.25, 0.3) is 5.91 Å². The number of hydrogen-bond donors (Lipinski definition) is 2. The molecule has 5 rings (SSSR count). The second-order valence-electron chi connectivity index (χ2n) is 6.38. The Kier molecular flexibility index (Phi) is 3.99. The minimum absolute atomic E-state index is 0.157. The van der Waals surface area contributed by atoms with Gasteiger partial charge < -0.3 is 14.5 Å². The van der Waals surface area contributed by atoms with E-state index in [-0.39, 0.29) is 17.7 Å². The van der Waals surface area contributed by atoms with Crippen LogP contribution in [0, 0.1) is 0 Å². The summed E-state index contributed by atoms with van der Waals surface area (Å²) in [5, 5.41) is 14.1. The molecule has 4 aromatic heterocycles. The Hall–Kier alpha value is -3.72.